The van der Waals surface area contributed by atoms with Gasteiger partial charge in [-0.05, 0) is 19.1 Å². The molecule has 0 spiro atoms. The van der Waals surface area contributed by atoms with Crippen molar-refractivity contribution in [2.75, 3.05) is 6.61 Å². The summed E-state index contributed by atoms with van der Waals surface area (Å²) in [7, 11) is 0. The van der Waals surface area contributed by atoms with Crippen LogP contribution in [0.5, 0.6) is 0 Å². The number of aromatic nitrogens is 1. The van der Waals surface area contributed by atoms with Gasteiger partial charge in [-0.3, -0.25) is 14.2 Å². The molecular weight excluding hydrogens is 393 g/mol. The number of thiazole rings is 1. The number of halogens is 1. The summed E-state index contributed by atoms with van der Waals surface area (Å²) in [5.41, 5.74) is 0.223. The lowest BCUT2D eigenvalue weighted by Crippen LogP contribution is -2.34. The normalized spacial score (nSPS) is 12.2. The first-order valence-corrected chi connectivity index (χ1v) is 9.74. The standard InChI is InChI=1S/C22H18FNO4S/c1-2-28-21(26)13-20-24(14-18(25)15-8-4-3-5-9-15)22(27)19(29-20)12-16-10-6-7-11-17(16)23/h3-13H,2,14H2,1H3/b19-12-,20-13-. The minimum absolute atomic E-state index is 0.183. The third kappa shape index (κ3) is 4.94. The van der Waals surface area contributed by atoms with Gasteiger partial charge in [0.15, 0.2) is 5.78 Å². The number of nitrogens with zero attached hydrogens (tertiary/aromatic N) is 1. The average molecular weight is 411 g/mol. The molecule has 2 aromatic carbocycles. The maximum atomic E-state index is 14.0. The zero-order chi connectivity index (χ0) is 20.8. The van der Waals surface area contributed by atoms with Gasteiger partial charge >= 0.3 is 5.97 Å². The number of rotatable bonds is 6. The van der Waals surface area contributed by atoms with Gasteiger partial charge in [0.05, 0.1) is 23.8 Å². The summed E-state index contributed by atoms with van der Waals surface area (Å²) >= 11 is 1.00. The predicted octanol–water partition coefficient (Wildman–Crippen LogP) is 2.10. The molecule has 7 heteroatoms. The molecule has 0 unspecified atom stereocenters. The minimum atomic E-state index is -0.618. The second-order valence-electron chi connectivity index (χ2n) is 6.05. The maximum absolute atomic E-state index is 14.0. The SMILES string of the molecule is CCOC(=O)/C=c1\s/c(=C\c2ccccc2F)c(=O)n1CC(=O)c1ccccc1. The fraction of sp³-hybridized carbons (Fsp3) is 0.136. The second kappa shape index (κ2) is 9.25. The summed E-state index contributed by atoms with van der Waals surface area (Å²) in [5.74, 6) is -1.36. The van der Waals surface area contributed by atoms with Crippen molar-refractivity contribution < 1.29 is 18.7 Å². The van der Waals surface area contributed by atoms with Gasteiger partial charge in [0.2, 0.25) is 0 Å². The van der Waals surface area contributed by atoms with E-state index in [0.29, 0.717) is 5.56 Å². The second-order valence-corrected chi connectivity index (χ2v) is 7.11. The average Bonchev–Trinajstić information content (AvgIpc) is 2.99. The van der Waals surface area contributed by atoms with Crippen molar-refractivity contribution in [1.82, 2.24) is 4.57 Å². The predicted molar refractivity (Wildman–Crippen MR) is 110 cm³/mol. The molecule has 29 heavy (non-hydrogen) atoms. The number of benzene rings is 2. The molecule has 0 saturated carbocycles. The Morgan fingerprint density at radius 3 is 2.48 bits per heavy atom. The number of esters is 1. The van der Waals surface area contributed by atoms with Crippen molar-refractivity contribution in [1.29, 1.82) is 0 Å². The van der Waals surface area contributed by atoms with Gasteiger partial charge < -0.3 is 4.74 Å². The molecule has 1 aromatic heterocycles. The molecule has 0 radical (unpaired) electrons. The van der Waals surface area contributed by atoms with E-state index in [1.807, 2.05) is 0 Å². The molecule has 0 aliphatic heterocycles. The Morgan fingerprint density at radius 1 is 1.10 bits per heavy atom. The smallest absolute Gasteiger partial charge is 0.333 e. The lowest BCUT2D eigenvalue weighted by molar-refractivity contribution is -0.135. The van der Waals surface area contributed by atoms with Crippen LogP contribution in [-0.4, -0.2) is 22.9 Å². The molecule has 0 aliphatic rings. The first kappa shape index (κ1) is 20.4. The van der Waals surface area contributed by atoms with Crippen LogP contribution in [0.15, 0.2) is 59.4 Å². The van der Waals surface area contributed by atoms with Crippen molar-refractivity contribution in [2.45, 2.75) is 13.5 Å². The zero-order valence-corrected chi connectivity index (χ0v) is 16.4. The van der Waals surface area contributed by atoms with Crippen LogP contribution in [0, 0.1) is 5.82 Å². The van der Waals surface area contributed by atoms with Crippen LogP contribution in [0.2, 0.25) is 0 Å². The summed E-state index contributed by atoms with van der Waals surface area (Å²) in [6.07, 6.45) is 2.58. The Bertz CT molecular complexity index is 1210. The molecule has 0 fully saturated rings. The van der Waals surface area contributed by atoms with Crippen LogP contribution in [0.3, 0.4) is 0 Å². The summed E-state index contributed by atoms with van der Waals surface area (Å²) in [4.78, 5) is 37.4. The molecular formula is C22H18FNO4S. The van der Waals surface area contributed by atoms with Gasteiger partial charge in [0, 0.05) is 11.1 Å². The maximum Gasteiger partial charge on any atom is 0.333 e. The monoisotopic (exact) mass is 411 g/mol. The van der Waals surface area contributed by atoms with Crippen molar-refractivity contribution in [3.63, 3.8) is 0 Å². The van der Waals surface area contributed by atoms with E-state index in [2.05, 4.69) is 0 Å². The van der Waals surface area contributed by atoms with Crippen LogP contribution < -0.4 is 14.8 Å². The number of ketones is 1. The van der Waals surface area contributed by atoms with Gasteiger partial charge in [-0.1, -0.05) is 48.5 Å². The van der Waals surface area contributed by atoms with E-state index in [0.717, 1.165) is 11.3 Å². The Labute approximate surface area is 170 Å². The highest BCUT2D eigenvalue weighted by molar-refractivity contribution is 7.07. The number of hydrogen-bond donors (Lipinski definition) is 0. The van der Waals surface area contributed by atoms with Gasteiger partial charge in [0.25, 0.3) is 5.56 Å². The summed E-state index contributed by atoms with van der Waals surface area (Å²) in [6.45, 7) is 1.61. The lowest BCUT2D eigenvalue weighted by Gasteiger charge is -2.02. The third-order valence-corrected chi connectivity index (χ3v) is 5.11. The molecule has 0 bridgehead atoms. The summed E-state index contributed by atoms with van der Waals surface area (Å²) in [5, 5.41) is 0. The number of carbonyl (C=O) groups excluding carboxylic acids is 2. The van der Waals surface area contributed by atoms with E-state index < -0.39 is 17.3 Å². The van der Waals surface area contributed by atoms with Crippen molar-refractivity contribution >= 4 is 35.2 Å². The van der Waals surface area contributed by atoms with E-state index in [1.54, 1.807) is 55.5 Å². The van der Waals surface area contributed by atoms with Gasteiger partial charge in [0.1, 0.15) is 10.5 Å². The Balaban J connectivity index is 2.12. The molecule has 1 heterocycles. The summed E-state index contributed by atoms with van der Waals surface area (Å²) in [6, 6.07) is 14.6. The largest absolute Gasteiger partial charge is 0.463 e. The van der Waals surface area contributed by atoms with Crippen molar-refractivity contribution in [3.8, 4) is 0 Å². The molecule has 0 amide bonds. The van der Waals surface area contributed by atoms with Crippen molar-refractivity contribution in [3.05, 3.63) is 91.1 Å². The van der Waals surface area contributed by atoms with Gasteiger partial charge in [-0.15, -0.1) is 11.3 Å². The highest BCUT2D eigenvalue weighted by Gasteiger charge is 2.13. The quantitative estimate of drug-likeness (QED) is 0.460. The zero-order valence-electron chi connectivity index (χ0n) is 15.6. The summed E-state index contributed by atoms with van der Waals surface area (Å²) < 4.78 is 20.6. The molecule has 0 saturated heterocycles. The van der Waals surface area contributed by atoms with E-state index in [4.69, 9.17) is 4.74 Å². The fourth-order valence-corrected chi connectivity index (χ4v) is 3.69. The number of Topliss-reactive ketones (excluding diaryl/α,β-unsaturated/α-hetero) is 1. The highest BCUT2D eigenvalue weighted by atomic mass is 32.1. The number of ether oxygens (including phenoxy) is 1. The van der Waals surface area contributed by atoms with Gasteiger partial charge in [-0.2, -0.15) is 0 Å². The fourth-order valence-electron chi connectivity index (χ4n) is 2.67. The first-order chi connectivity index (χ1) is 14.0. The highest BCUT2D eigenvalue weighted by Crippen LogP contribution is 2.06. The molecule has 148 valence electrons. The molecule has 3 rings (SSSR count). The van der Waals surface area contributed by atoms with Crippen molar-refractivity contribution in [2.24, 2.45) is 0 Å². The van der Waals surface area contributed by atoms with E-state index >= 15 is 0 Å². The van der Waals surface area contributed by atoms with Crippen LogP contribution >= 0.6 is 11.3 Å². The molecule has 0 atom stereocenters. The lowest BCUT2D eigenvalue weighted by atomic mass is 10.1. The number of carbonyl (C=O) groups is 2. The Hall–Kier alpha value is -3.32. The third-order valence-electron chi connectivity index (χ3n) is 4.05. The minimum Gasteiger partial charge on any atom is -0.463 e. The topological polar surface area (TPSA) is 65.4 Å². The van der Waals surface area contributed by atoms with Crippen LogP contribution in [-0.2, 0) is 16.1 Å². The van der Waals surface area contributed by atoms with E-state index in [-0.39, 0.29) is 33.7 Å². The Morgan fingerprint density at radius 2 is 1.79 bits per heavy atom. The molecule has 3 aromatic rings. The molecule has 0 aliphatic carbocycles. The van der Waals surface area contributed by atoms with E-state index in [1.165, 1.54) is 22.8 Å². The van der Waals surface area contributed by atoms with Crippen LogP contribution in [0.1, 0.15) is 22.8 Å². The van der Waals surface area contributed by atoms with Crippen LogP contribution in [0.25, 0.3) is 12.2 Å². The van der Waals surface area contributed by atoms with Gasteiger partial charge in [-0.25, -0.2) is 9.18 Å². The number of hydrogen-bond acceptors (Lipinski definition) is 5. The first-order valence-electron chi connectivity index (χ1n) is 8.92. The Kier molecular flexibility index (Phi) is 6.51. The molecule has 5 nitrogen and oxygen atoms in total. The van der Waals surface area contributed by atoms with E-state index in [9.17, 15) is 18.8 Å². The molecule has 0 N–H and O–H groups in total. The van der Waals surface area contributed by atoms with Crippen LogP contribution in [0.4, 0.5) is 4.39 Å².